The highest BCUT2D eigenvalue weighted by atomic mass is 16.2. The lowest BCUT2D eigenvalue weighted by atomic mass is 9.87. The zero-order chi connectivity index (χ0) is 20.7. The summed E-state index contributed by atoms with van der Waals surface area (Å²) in [5.74, 6) is -0.213. The van der Waals surface area contributed by atoms with Crippen LogP contribution in [-0.4, -0.2) is 34.7 Å². The average Bonchev–Trinajstić information content (AvgIpc) is 2.95. The second kappa shape index (κ2) is 9.53. The summed E-state index contributed by atoms with van der Waals surface area (Å²) in [6.45, 7) is 12.1. The molecule has 2 N–H and O–H groups in total. The normalized spacial score (nSPS) is 11.3. The van der Waals surface area contributed by atoms with Gasteiger partial charge in [0.15, 0.2) is 0 Å². The minimum Gasteiger partial charge on any atom is -0.356 e. The summed E-state index contributed by atoms with van der Waals surface area (Å²) in [7, 11) is 0. The van der Waals surface area contributed by atoms with Gasteiger partial charge in [0, 0.05) is 37.3 Å². The highest BCUT2D eigenvalue weighted by molar-refractivity contribution is 5.94. The number of nitrogens with zero attached hydrogens (tertiary/aromatic N) is 2. The molecule has 0 aliphatic heterocycles. The number of nitrogens with one attached hydrogen (secondary N) is 2. The minimum absolute atomic E-state index is 0.0576. The summed E-state index contributed by atoms with van der Waals surface area (Å²) in [5, 5.41) is 10.1. The van der Waals surface area contributed by atoms with Crippen LogP contribution in [0.15, 0.2) is 30.3 Å². The zero-order valence-corrected chi connectivity index (χ0v) is 17.6. The van der Waals surface area contributed by atoms with E-state index in [0.717, 1.165) is 24.4 Å². The van der Waals surface area contributed by atoms with Crippen molar-refractivity contribution >= 4 is 11.8 Å². The Hall–Kier alpha value is -2.63. The van der Waals surface area contributed by atoms with E-state index in [1.54, 1.807) is 0 Å². The number of aromatic nitrogens is 2. The second-order valence-electron chi connectivity index (χ2n) is 8.19. The largest absolute Gasteiger partial charge is 0.356 e. The third-order valence-electron chi connectivity index (χ3n) is 4.62. The number of hydrogen-bond acceptors (Lipinski definition) is 3. The zero-order valence-electron chi connectivity index (χ0n) is 17.6. The molecule has 2 amide bonds. The predicted octanol–water partition coefficient (Wildman–Crippen LogP) is 3.12. The lowest BCUT2D eigenvalue weighted by Crippen LogP contribution is -2.31. The Bertz CT molecular complexity index is 801. The first kappa shape index (κ1) is 21.7. The van der Waals surface area contributed by atoms with Crippen LogP contribution in [0.2, 0.25) is 0 Å². The number of rotatable bonds is 8. The molecule has 6 nitrogen and oxygen atoms in total. The van der Waals surface area contributed by atoms with Gasteiger partial charge < -0.3 is 10.6 Å². The smallest absolute Gasteiger partial charge is 0.251 e. The van der Waals surface area contributed by atoms with Gasteiger partial charge in [0.2, 0.25) is 5.91 Å². The molecule has 0 unspecified atom stereocenters. The Morgan fingerprint density at radius 2 is 1.71 bits per heavy atom. The van der Waals surface area contributed by atoms with E-state index in [0.29, 0.717) is 18.7 Å². The van der Waals surface area contributed by atoms with E-state index in [4.69, 9.17) is 0 Å². The van der Waals surface area contributed by atoms with Crippen LogP contribution in [0.25, 0.3) is 0 Å². The number of aryl methyl sites for hydroxylation is 3. The summed E-state index contributed by atoms with van der Waals surface area (Å²) >= 11 is 0. The minimum atomic E-state index is -0.155. The lowest BCUT2D eigenvalue weighted by molar-refractivity contribution is -0.120. The van der Waals surface area contributed by atoms with Gasteiger partial charge in [-0.2, -0.15) is 5.10 Å². The van der Waals surface area contributed by atoms with Crippen LogP contribution in [0, 0.1) is 13.8 Å². The average molecular weight is 385 g/mol. The molecule has 0 fully saturated rings. The topological polar surface area (TPSA) is 76.0 Å². The molecule has 0 saturated carbocycles. The van der Waals surface area contributed by atoms with Crippen LogP contribution in [-0.2, 0) is 16.8 Å². The molecule has 2 rings (SSSR count). The summed E-state index contributed by atoms with van der Waals surface area (Å²) in [6, 6.07) is 9.65. The number of carbonyl (C=O) groups excluding carboxylic acids is 2. The molecule has 0 aliphatic carbocycles. The van der Waals surface area contributed by atoms with Crippen molar-refractivity contribution in [1.82, 2.24) is 20.4 Å². The SMILES string of the molecule is Cc1cc(C)n(CCCNC(=O)CCNC(=O)c2ccc(C(C)(C)C)cc2)n1. The molecule has 152 valence electrons. The van der Waals surface area contributed by atoms with E-state index >= 15 is 0 Å². The van der Waals surface area contributed by atoms with E-state index in [1.807, 2.05) is 48.9 Å². The maximum atomic E-state index is 12.2. The Labute approximate surface area is 167 Å². The molecule has 2 aromatic rings. The summed E-state index contributed by atoms with van der Waals surface area (Å²) in [4.78, 5) is 24.1. The molecule has 6 heteroatoms. The van der Waals surface area contributed by atoms with Gasteiger partial charge in [-0.05, 0) is 49.4 Å². The Balaban J connectivity index is 1.64. The van der Waals surface area contributed by atoms with Crippen LogP contribution >= 0.6 is 0 Å². The van der Waals surface area contributed by atoms with Gasteiger partial charge in [-0.15, -0.1) is 0 Å². The van der Waals surface area contributed by atoms with Crippen molar-refractivity contribution < 1.29 is 9.59 Å². The first-order chi connectivity index (χ1) is 13.2. The molecule has 1 heterocycles. The molecule has 0 bridgehead atoms. The lowest BCUT2D eigenvalue weighted by Gasteiger charge is -2.19. The molecule has 0 saturated heterocycles. The van der Waals surface area contributed by atoms with E-state index < -0.39 is 0 Å². The van der Waals surface area contributed by atoms with Crippen molar-refractivity contribution in [2.24, 2.45) is 0 Å². The molecule has 28 heavy (non-hydrogen) atoms. The van der Waals surface area contributed by atoms with Crippen LogP contribution in [0.3, 0.4) is 0 Å². The molecular weight excluding hydrogens is 352 g/mol. The predicted molar refractivity (Wildman–Crippen MR) is 111 cm³/mol. The van der Waals surface area contributed by atoms with Gasteiger partial charge in [-0.25, -0.2) is 0 Å². The highest BCUT2D eigenvalue weighted by Crippen LogP contribution is 2.22. The van der Waals surface area contributed by atoms with Crippen LogP contribution in [0.5, 0.6) is 0 Å². The van der Waals surface area contributed by atoms with E-state index in [1.165, 1.54) is 5.56 Å². The standard InChI is InChI=1S/C22H32N4O2/c1-16-15-17(2)26(25-16)14-6-12-23-20(27)11-13-24-21(28)18-7-9-19(10-8-18)22(3,4)5/h7-10,15H,6,11-14H2,1-5H3,(H,23,27)(H,24,28). The van der Waals surface area contributed by atoms with Crippen LogP contribution < -0.4 is 10.6 Å². The molecule has 1 aromatic carbocycles. The van der Waals surface area contributed by atoms with Gasteiger partial charge in [0.1, 0.15) is 0 Å². The van der Waals surface area contributed by atoms with Crippen molar-refractivity contribution in [2.75, 3.05) is 13.1 Å². The Morgan fingerprint density at radius 3 is 2.29 bits per heavy atom. The highest BCUT2D eigenvalue weighted by Gasteiger charge is 2.14. The van der Waals surface area contributed by atoms with Crippen LogP contribution in [0.1, 0.15) is 60.9 Å². The third-order valence-corrected chi connectivity index (χ3v) is 4.62. The molecule has 0 aliphatic rings. The Kier molecular flexibility index (Phi) is 7.38. The molecule has 0 radical (unpaired) electrons. The van der Waals surface area contributed by atoms with Gasteiger partial charge in [0.25, 0.3) is 5.91 Å². The fraction of sp³-hybridized carbons (Fsp3) is 0.500. The first-order valence-electron chi connectivity index (χ1n) is 9.83. The molecule has 0 atom stereocenters. The first-order valence-corrected chi connectivity index (χ1v) is 9.83. The fourth-order valence-electron chi connectivity index (χ4n) is 2.96. The number of benzene rings is 1. The van der Waals surface area contributed by atoms with Crippen molar-refractivity contribution in [3.63, 3.8) is 0 Å². The van der Waals surface area contributed by atoms with E-state index in [2.05, 4.69) is 36.5 Å². The van der Waals surface area contributed by atoms with Gasteiger partial charge in [-0.1, -0.05) is 32.9 Å². The second-order valence-corrected chi connectivity index (χ2v) is 8.19. The Morgan fingerprint density at radius 1 is 1.04 bits per heavy atom. The van der Waals surface area contributed by atoms with Gasteiger partial charge in [0.05, 0.1) is 5.69 Å². The molecule has 0 spiro atoms. The third kappa shape index (κ3) is 6.51. The summed E-state index contributed by atoms with van der Waals surface area (Å²) in [6.07, 6.45) is 1.09. The fourth-order valence-corrected chi connectivity index (χ4v) is 2.96. The van der Waals surface area contributed by atoms with Crippen molar-refractivity contribution in [3.05, 3.63) is 52.8 Å². The quantitative estimate of drug-likeness (QED) is 0.687. The van der Waals surface area contributed by atoms with Crippen molar-refractivity contribution in [3.8, 4) is 0 Å². The molecular formula is C22H32N4O2. The maximum absolute atomic E-state index is 12.2. The number of amides is 2. The van der Waals surface area contributed by atoms with E-state index in [-0.39, 0.29) is 23.7 Å². The van der Waals surface area contributed by atoms with Crippen molar-refractivity contribution in [2.45, 2.75) is 59.4 Å². The maximum Gasteiger partial charge on any atom is 0.251 e. The summed E-state index contributed by atoms with van der Waals surface area (Å²) in [5.41, 5.74) is 3.98. The number of hydrogen-bond donors (Lipinski definition) is 2. The monoisotopic (exact) mass is 384 g/mol. The van der Waals surface area contributed by atoms with Gasteiger partial charge >= 0.3 is 0 Å². The molecule has 1 aromatic heterocycles. The number of carbonyl (C=O) groups is 2. The van der Waals surface area contributed by atoms with Crippen LogP contribution in [0.4, 0.5) is 0 Å². The summed E-state index contributed by atoms with van der Waals surface area (Å²) < 4.78 is 1.95. The van der Waals surface area contributed by atoms with Crippen molar-refractivity contribution in [1.29, 1.82) is 0 Å². The van der Waals surface area contributed by atoms with Gasteiger partial charge in [-0.3, -0.25) is 14.3 Å². The van der Waals surface area contributed by atoms with E-state index in [9.17, 15) is 9.59 Å².